The topological polar surface area (TPSA) is 57.5 Å². The third-order valence-corrected chi connectivity index (χ3v) is 11.2. The van der Waals surface area contributed by atoms with Crippen LogP contribution < -0.4 is 0 Å². The van der Waals surface area contributed by atoms with Gasteiger partial charge in [-0.15, -0.1) is 0 Å². The number of aliphatic hydroxyl groups excluding tert-OH is 1. The molecular formula is C30H48O3. The normalized spacial score (nSPS) is 44.7. The monoisotopic (exact) mass is 456 g/mol. The van der Waals surface area contributed by atoms with Crippen molar-refractivity contribution in [3.63, 3.8) is 0 Å². The van der Waals surface area contributed by atoms with Crippen molar-refractivity contribution in [1.82, 2.24) is 0 Å². The van der Waals surface area contributed by atoms with E-state index in [0.29, 0.717) is 53.8 Å². The molecule has 4 aliphatic carbocycles. The van der Waals surface area contributed by atoms with Crippen molar-refractivity contribution in [2.45, 2.75) is 99.0 Å². The summed E-state index contributed by atoms with van der Waals surface area (Å²) in [6, 6.07) is 0. The van der Waals surface area contributed by atoms with Gasteiger partial charge >= 0.3 is 5.97 Å². The summed E-state index contributed by atoms with van der Waals surface area (Å²) in [7, 11) is 0. The van der Waals surface area contributed by atoms with Gasteiger partial charge in [0.2, 0.25) is 0 Å². The average molecular weight is 457 g/mol. The van der Waals surface area contributed by atoms with Crippen LogP contribution in [0.3, 0.4) is 0 Å². The fourth-order valence-corrected chi connectivity index (χ4v) is 9.28. The molecule has 0 spiro atoms. The first-order valence-corrected chi connectivity index (χ1v) is 13.8. The molecule has 4 aliphatic rings. The first-order chi connectivity index (χ1) is 15.5. The van der Waals surface area contributed by atoms with Crippen LogP contribution in [0.25, 0.3) is 0 Å². The lowest BCUT2D eigenvalue weighted by Gasteiger charge is -2.59. The summed E-state index contributed by atoms with van der Waals surface area (Å²) in [6.07, 6.45) is 15.2. The Balaban J connectivity index is 1.58. The maximum absolute atomic E-state index is 12.3. The molecule has 0 saturated heterocycles. The molecule has 186 valence electrons. The summed E-state index contributed by atoms with van der Waals surface area (Å²) in [5.41, 5.74) is 1.31. The van der Waals surface area contributed by atoms with E-state index in [1.54, 1.807) is 0 Å². The molecule has 2 N–H and O–H groups in total. The maximum Gasteiger partial charge on any atom is 0.307 e. The quantitative estimate of drug-likeness (QED) is 0.419. The molecule has 0 aromatic carbocycles. The van der Waals surface area contributed by atoms with Crippen LogP contribution in [0.4, 0.5) is 0 Å². The number of carbonyl (C=O) groups is 1. The van der Waals surface area contributed by atoms with E-state index in [0.717, 1.165) is 18.8 Å². The van der Waals surface area contributed by atoms with Crippen molar-refractivity contribution >= 4 is 5.97 Å². The van der Waals surface area contributed by atoms with E-state index in [-0.39, 0.29) is 5.41 Å². The Hall–Kier alpha value is -1.09. The van der Waals surface area contributed by atoms with E-state index >= 15 is 0 Å². The molecule has 0 heterocycles. The number of carboxylic acids is 1. The maximum atomic E-state index is 12.3. The first kappa shape index (κ1) is 25.0. The zero-order valence-electron chi connectivity index (χ0n) is 21.9. The third-order valence-electron chi connectivity index (χ3n) is 11.2. The average Bonchev–Trinajstić information content (AvgIpc) is 3.11. The van der Waals surface area contributed by atoms with Gasteiger partial charge in [0.15, 0.2) is 0 Å². The molecule has 1 unspecified atom stereocenters. The largest absolute Gasteiger partial charge is 0.481 e. The number of aliphatic carboxylic acids is 1. The van der Waals surface area contributed by atoms with Gasteiger partial charge in [-0.05, 0) is 98.2 Å². The second-order valence-corrected chi connectivity index (χ2v) is 12.9. The highest BCUT2D eigenvalue weighted by Gasteiger charge is 2.61. The smallest absolute Gasteiger partial charge is 0.307 e. The van der Waals surface area contributed by atoms with Gasteiger partial charge in [-0.2, -0.15) is 0 Å². The van der Waals surface area contributed by atoms with Gasteiger partial charge in [0.05, 0.1) is 12.0 Å². The zero-order chi connectivity index (χ0) is 24.1. The second-order valence-electron chi connectivity index (χ2n) is 12.9. The molecule has 33 heavy (non-hydrogen) atoms. The zero-order valence-corrected chi connectivity index (χ0v) is 21.9. The summed E-state index contributed by atoms with van der Waals surface area (Å²) >= 11 is 0. The highest BCUT2D eigenvalue weighted by molar-refractivity contribution is 5.72. The van der Waals surface area contributed by atoms with Crippen LogP contribution in [-0.2, 0) is 4.79 Å². The molecule has 0 aliphatic heterocycles. The Kier molecular flexibility index (Phi) is 6.95. The molecule has 10 atom stereocenters. The molecule has 0 radical (unpaired) electrons. The molecule has 3 fully saturated rings. The third kappa shape index (κ3) is 4.05. The molecule has 0 aromatic heterocycles. The first-order valence-electron chi connectivity index (χ1n) is 13.8. The van der Waals surface area contributed by atoms with Crippen molar-refractivity contribution in [2.24, 2.45) is 58.2 Å². The lowest BCUT2D eigenvalue weighted by Crippen LogP contribution is -2.55. The standard InChI is InChI=1S/C30H48O3/c1-7-20(18(2)3)9-8-19(4)24-12-13-25-23-11-10-21-16-22(31)17-27(28(32)33)30(21,6)26(23)14-15-29(24,25)5/h8-10,18-20,22-27,31H,7,11-17H2,1-6H3,(H,32,33)/b9-8+/t19-,20+,22-,23+,24-,25+,26+,27?,29-,30-/m1/s1. The highest BCUT2D eigenvalue weighted by Crippen LogP contribution is 2.68. The van der Waals surface area contributed by atoms with Crippen molar-refractivity contribution in [1.29, 1.82) is 0 Å². The Bertz CT molecular complexity index is 796. The van der Waals surface area contributed by atoms with E-state index in [1.165, 1.54) is 31.3 Å². The number of hydrogen-bond donors (Lipinski definition) is 2. The fraction of sp³-hybridized carbons (Fsp3) is 0.833. The lowest BCUT2D eigenvalue weighted by atomic mass is 9.45. The number of fused-ring (bicyclic) bond motifs is 5. The summed E-state index contributed by atoms with van der Waals surface area (Å²) in [5.74, 6) is 3.26. The van der Waals surface area contributed by atoms with Gasteiger partial charge in [-0.25, -0.2) is 0 Å². The summed E-state index contributed by atoms with van der Waals surface area (Å²) in [5, 5.41) is 20.5. The minimum absolute atomic E-state index is 0.287. The van der Waals surface area contributed by atoms with E-state index < -0.39 is 18.0 Å². The van der Waals surface area contributed by atoms with Crippen molar-refractivity contribution in [3.8, 4) is 0 Å². The Morgan fingerprint density at radius 1 is 1.15 bits per heavy atom. The Labute approximate surface area is 202 Å². The van der Waals surface area contributed by atoms with Crippen LogP contribution >= 0.6 is 0 Å². The lowest BCUT2D eigenvalue weighted by molar-refractivity contribution is -0.155. The number of carboxylic acid groups (broad SMARTS) is 1. The molecule has 0 aromatic rings. The SMILES string of the molecule is CC[C@@H](/C=C/[C@@H](C)[C@H]1CC[C@H]2[C@@H]3CC=C4C[C@@H](O)CC(C(=O)O)[C@@]4(C)[C@H]3CC[C@]12C)C(C)C. The van der Waals surface area contributed by atoms with Gasteiger partial charge in [0.25, 0.3) is 0 Å². The van der Waals surface area contributed by atoms with Crippen LogP contribution in [0.5, 0.6) is 0 Å². The highest BCUT2D eigenvalue weighted by atomic mass is 16.4. The van der Waals surface area contributed by atoms with Gasteiger partial charge in [0, 0.05) is 5.41 Å². The van der Waals surface area contributed by atoms with Crippen molar-refractivity contribution < 1.29 is 15.0 Å². The van der Waals surface area contributed by atoms with Crippen LogP contribution in [0.2, 0.25) is 0 Å². The number of aliphatic hydroxyl groups is 1. The van der Waals surface area contributed by atoms with E-state index in [1.807, 2.05) is 0 Å². The predicted octanol–water partition coefficient (Wildman–Crippen LogP) is 7.11. The molecule has 3 nitrogen and oxygen atoms in total. The van der Waals surface area contributed by atoms with E-state index in [9.17, 15) is 15.0 Å². The minimum atomic E-state index is -0.713. The summed E-state index contributed by atoms with van der Waals surface area (Å²) < 4.78 is 0. The molecule has 3 saturated carbocycles. The Morgan fingerprint density at radius 3 is 2.52 bits per heavy atom. The van der Waals surface area contributed by atoms with Crippen LogP contribution in [0.1, 0.15) is 92.9 Å². The van der Waals surface area contributed by atoms with Crippen molar-refractivity contribution in [2.75, 3.05) is 0 Å². The summed E-state index contributed by atoms with van der Waals surface area (Å²) in [4.78, 5) is 12.3. The second kappa shape index (κ2) is 9.17. The van der Waals surface area contributed by atoms with Gasteiger partial charge in [-0.3, -0.25) is 4.79 Å². The minimum Gasteiger partial charge on any atom is -0.481 e. The molecule has 3 heteroatoms. The van der Waals surface area contributed by atoms with Gasteiger partial charge in [-0.1, -0.05) is 65.3 Å². The number of rotatable bonds is 6. The van der Waals surface area contributed by atoms with Crippen LogP contribution in [-0.4, -0.2) is 22.3 Å². The van der Waals surface area contributed by atoms with Crippen LogP contribution in [0, 0.1) is 58.2 Å². The van der Waals surface area contributed by atoms with E-state index in [4.69, 9.17) is 0 Å². The molecule has 0 bridgehead atoms. The van der Waals surface area contributed by atoms with Gasteiger partial charge < -0.3 is 10.2 Å². The molecular weight excluding hydrogens is 408 g/mol. The number of hydrogen-bond acceptors (Lipinski definition) is 2. The van der Waals surface area contributed by atoms with Gasteiger partial charge in [0.1, 0.15) is 0 Å². The number of allylic oxidation sites excluding steroid dienone is 3. The molecule has 0 amide bonds. The summed E-state index contributed by atoms with van der Waals surface area (Å²) in [6.45, 7) is 14.2. The fourth-order valence-electron chi connectivity index (χ4n) is 9.28. The van der Waals surface area contributed by atoms with E-state index in [2.05, 4.69) is 59.8 Å². The van der Waals surface area contributed by atoms with Crippen molar-refractivity contribution in [3.05, 3.63) is 23.8 Å². The Morgan fingerprint density at radius 2 is 1.88 bits per heavy atom. The predicted molar refractivity (Wildman–Crippen MR) is 135 cm³/mol. The molecule has 4 rings (SSSR count). The van der Waals surface area contributed by atoms with Crippen LogP contribution in [0.15, 0.2) is 23.8 Å².